The maximum absolute atomic E-state index is 12.5. The van der Waals surface area contributed by atoms with Crippen molar-refractivity contribution in [3.63, 3.8) is 0 Å². The molecule has 0 saturated carbocycles. The molecular weight excluding hydrogens is 600 g/mol. The molecule has 10 nitrogen and oxygen atoms in total. The van der Waals surface area contributed by atoms with Gasteiger partial charge in [0.15, 0.2) is 11.7 Å². The van der Waals surface area contributed by atoms with E-state index in [1.165, 1.54) is 11.1 Å². The van der Waals surface area contributed by atoms with Crippen molar-refractivity contribution in [2.24, 2.45) is 22.2 Å². The SMILES string of the molecule is CC(=O)c1cc(CCC[C@H](C)N)cc(C(C)(C)C)c1.CC(C)(C)c1cc2cn(-c3ccc(CNCCCN=C(N)N)cc3)c(=O)nc2[nH]1. The van der Waals surface area contributed by atoms with Crippen LogP contribution in [0.15, 0.2) is 64.5 Å². The van der Waals surface area contributed by atoms with Gasteiger partial charge in [0.05, 0.1) is 5.69 Å². The lowest BCUT2D eigenvalue weighted by Gasteiger charge is -2.21. The summed E-state index contributed by atoms with van der Waals surface area (Å²) in [5.41, 5.74) is 23.0. The molecule has 10 heteroatoms. The molecule has 0 saturated heterocycles. The molecule has 8 N–H and O–H groups in total. The Kier molecular flexibility index (Phi) is 13.3. The minimum atomic E-state index is -0.301. The maximum Gasteiger partial charge on any atom is 0.354 e. The predicted molar refractivity (Wildman–Crippen MR) is 199 cm³/mol. The van der Waals surface area contributed by atoms with Gasteiger partial charge in [0, 0.05) is 47.4 Å². The number of hydrogen-bond donors (Lipinski definition) is 5. The average molecular weight is 657 g/mol. The summed E-state index contributed by atoms with van der Waals surface area (Å²) in [7, 11) is 0. The molecule has 0 aliphatic rings. The van der Waals surface area contributed by atoms with Crippen LogP contribution in [0.3, 0.4) is 0 Å². The number of fused-ring (bicyclic) bond motifs is 1. The Bertz CT molecular complexity index is 1730. The van der Waals surface area contributed by atoms with Crippen LogP contribution < -0.4 is 28.2 Å². The summed E-state index contributed by atoms with van der Waals surface area (Å²) in [6.45, 7) is 18.7. The van der Waals surface area contributed by atoms with Crippen LogP contribution in [0.2, 0.25) is 0 Å². The minimum absolute atomic E-state index is 0.0352. The van der Waals surface area contributed by atoms with E-state index in [0.29, 0.717) is 12.2 Å². The third-order valence-electron chi connectivity index (χ3n) is 8.06. The second-order valence-corrected chi connectivity index (χ2v) is 14.7. The summed E-state index contributed by atoms with van der Waals surface area (Å²) >= 11 is 0. The van der Waals surface area contributed by atoms with Crippen LogP contribution in [0.5, 0.6) is 0 Å². The van der Waals surface area contributed by atoms with E-state index in [1.807, 2.05) is 49.5 Å². The van der Waals surface area contributed by atoms with E-state index in [2.05, 4.69) is 74.0 Å². The Balaban J connectivity index is 0.000000286. The summed E-state index contributed by atoms with van der Waals surface area (Å²) in [5, 5.41) is 4.27. The first kappa shape index (κ1) is 38.2. The fourth-order valence-corrected chi connectivity index (χ4v) is 5.10. The number of H-pyrrole nitrogens is 1. The summed E-state index contributed by atoms with van der Waals surface area (Å²) in [6, 6.07) is 16.5. The van der Waals surface area contributed by atoms with Gasteiger partial charge in [0.1, 0.15) is 5.65 Å². The minimum Gasteiger partial charge on any atom is -0.370 e. The van der Waals surface area contributed by atoms with E-state index in [0.717, 1.165) is 66.7 Å². The molecule has 0 radical (unpaired) electrons. The lowest BCUT2D eigenvalue weighted by molar-refractivity contribution is 0.101. The molecule has 0 aliphatic heterocycles. The normalized spacial score (nSPS) is 12.4. The van der Waals surface area contributed by atoms with Gasteiger partial charge < -0.3 is 27.5 Å². The van der Waals surface area contributed by atoms with Crippen LogP contribution in [0.25, 0.3) is 16.7 Å². The molecule has 2 aromatic carbocycles. The molecule has 2 aromatic heterocycles. The standard InChI is InChI=1S/C21H29N7O.C17H27NO/c1-21(2,3)17-11-15-13-28(20(29)27-18(15)26-17)16-7-5-14(6-8-16)12-24-9-4-10-25-19(22)23;1-12(18)7-6-8-14-9-15(13(2)19)11-16(10-14)17(3,4)5/h5-8,11,13,24H,4,9-10,12H2,1-3H3,(H4,22,23,25)(H,26,27,29);9-12H,6-8,18H2,1-5H3/t;12-/m.0/s1. The number of carbonyl (C=O) groups is 1. The van der Waals surface area contributed by atoms with Gasteiger partial charge in [-0.2, -0.15) is 4.98 Å². The van der Waals surface area contributed by atoms with Crippen molar-refractivity contribution in [1.82, 2.24) is 19.9 Å². The summed E-state index contributed by atoms with van der Waals surface area (Å²) in [6.07, 6.45) is 5.79. The molecule has 260 valence electrons. The van der Waals surface area contributed by atoms with Gasteiger partial charge in [0.25, 0.3) is 0 Å². The van der Waals surface area contributed by atoms with Gasteiger partial charge in [-0.05, 0) is 98.5 Å². The van der Waals surface area contributed by atoms with E-state index < -0.39 is 0 Å². The molecule has 4 aromatic rings. The fourth-order valence-electron chi connectivity index (χ4n) is 5.10. The van der Waals surface area contributed by atoms with Crippen LogP contribution in [0, 0.1) is 0 Å². The lowest BCUT2D eigenvalue weighted by atomic mass is 9.84. The molecule has 0 amide bonds. The topological polar surface area (TPSA) is 170 Å². The Morgan fingerprint density at radius 3 is 2.25 bits per heavy atom. The van der Waals surface area contributed by atoms with Gasteiger partial charge in [0.2, 0.25) is 0 Å². The van der Waals surface area contributed by atoms with Gasteiger partial charge >= 0.3 is 5.69 Å². The highest BCUT2D eigenvalue weighted by molar-refractivity contribution is 5.94. The van der Waals surface area contributed by atoms with Crippen molar-refractivity contribution >= 4 is 22.8 Å². The molecule has 1 atom stereocenters. The highest BCUT2D eigenvalue weighted by Gasteiger charge is 2.18. The van der Waals surface area contributed by atoms with Gasteiger partial charge in [-0.15, -0.1) is 0 Å². The zero-order valence-corrected chi connectivity index (χ0v) is 30.1. The smallest absolute Gasteiger partial charge is 0.354 e. The predicted octanol–water partition coefficient (Wildman–Crippen LogP) is 5.62. The van der Waals surface area contributed by atoms with Crippen LogP contribution in [0.4, 0.5) is 0 Å². The number of guanidine groups is 1. The van der Waals surface area contributed by atoms with Crippen molar-refractivity contribution in [3.8, 4) is 5.69 Å². The van der Waals surface area contributed by atoms with E-state index in [1.54, 1.807) is 11.5 Å². The monoisotopic (exact) mass is 656 g/mol. The largest absolute Gasteiger partial charge is 0.370 e. The molecule has 0 fully saturated rings. The van der Waals surface area contributed by atoms with Crippen LogP contribution in [-0.2, 0) is 23.8 Å². The summed E-state index contributed by atoms with van der Waals surface area (Å²) < 4.78 is 1.58. The number of nitrogens with two attached hydrogens (primary N) is 3. The van der Waals surface area contributed by atoms with Crippen molar-refractivity contribution < 1.29 is 4.79 Å². The maximum atomic E-state index is 12.5. The Morgan fingerprint density at radius 1 is 0.979 bits per heavy atom. The molecule has 2 heterocycles. The summed E-state index contributed by atoms with van der Waals surface area (Å²) in [4.78, 5) is 35.5. The van der Waals surface area contributed by atoms with Crippen molar-refractivity contribution in [2.45, 2.75) is 104 Å². The van der Waals surface area contributed by atoms with Crippen LogP contribution in [-0.4, -0.2) is 45.4 Å². The molecule has 48 heavy (non-hydrogen) atoms. The number of nitrogens with zero attached hydrogens (tertiary/aromatic N) is 3. The first-order valence-electron chi connectivity index (χ1n) is 16.8. The highest BCUT2D eigenvalue weighted by Crippen LogP contribution is 2.26. The van der Waals surface area contributed by atoms with Crippen molar-refractivity contribution in [3.05, 3.63) is 93.2 Å². The van der Waals surface area contributed by atoms with E-state index in [4.69, 9.17) is 17.2 Å². The zero-order valence-electron chi connectivity index (χ0n) is 30.1. The van der Waals surface area contributed by atoms with E-state index in [-0.39, 0.29) is 34.3 Å². The van der Waals surface area contributed by atoms with Gasteiger partial charge in [-0.25, -0.2) is 4.79 Å². The number of rotatable bonds is 12. The van der Waals surface area contributed by atoms with E-state index >= 15 is 0 Å². The Morgan fingerprint density at radius 2 is 1.67 bits per heavy atom. The third kappa shape index (κ3) is 11.8. The quantitative estimate of drug-likeness (QED) is 0.0570. The number of Topliss-reactive ketones (excluding diaryl/α,β-unsaturated/α-hetero) is 1. The Labute approximate surface area is 285 Å². The van der Waals surface area contributed by atoms with Gasteiger partial charge in [-0.3, -0.25) is 14.4 Å². The number of carbonyl (C=O) groups excluding carboxylic acids is 1. The summed E-state index contributed by atoms with van der Waals surface area (Å²) in [5.74, 6) is 0.261. The number of aromatic nitrogens is 3. The van der Waals surface area contributed by atoms with Crippen LogP contribution >= 0.6 is 0 Å². The molecule has 0 spiro atoms. The number of nitrogens with one attached hydrogen (secondary N) is 2. The molecule has 0 bridgehead atoms. The Hall–Kier alpha value is -4.28. The number of hydrogen-bond acceptors (Lipinski definition) is 6. The molecule has 4 rings (SSSR count). The lowest BCUT2D eigenvalue weighted by Crippen LogP contribution is -2.23. The number of aryl methyl sites for hydroxylation is 1. The fraction of sp³-hybridized carbons (Fsp3) is 0.474. The highest BCUT2D eigenvalue weighted by atomic mass is 16.1. The number of ketones is 1. The number of benzene rings is 2. The first-order valence-corrected chi connectivity index (χ1v) is 16.8. The number of aliphatic imine (C=N–C) groups is 1. The van der Waals surface area contributed by atoms with Crippen LogP contribution in [0.1, 0.15) is 107 Å². The van der Waals surface area contributed by atoms with E-state index in [9.17, 15) is 9.59 Å². The van der Waals surface area contributed by atoms with Crippen molar-refractivity contribution in [2.75, 3.05) is 13.1 Å². The zero-order chi connectivity index (χ0) is 35.6. The second-order valence-electron chi connectivity index (χ2n) is 14.7. The molecule has 0 unspecified atom stereocenters. The number of aromatic amines is 1. The first-order chi connectivity index (χ1) is 22.4. The second kappa shape index (κ2) is 16.7. The average Bonchev–Trinajstić information content (AvgIpc) is 3.42. The third-order valence-corrected chi connectivity index (χ3v) is 8.06. The van der Waals surface area contributed by atoms with Crippen molar-refractivity contribution in [1.29, 1.82) is 0 Å². The molecule has 0 aliphatic carbocycles. The molecular formula is C38H56N8O2. The van der Waals surface area contributed by atoms with Gasteiger partial charge in [-0.1, -0.05) is 59.7 Å².